The van der Waals surface area contributed by atoms with Crippen LogP contribution in [0.1, 0.15) is 18.9 Å². The minimum absolute atomic E-state index is 0.242. The Hall–Kier alpha value is -1.69. The first-order valence-corrected chi connectivity index (χ1v) is 8.07. The number of nitrogens with two attached hydrogens (primary N) is 1. The van der Waals surface area contributed by atoms with Gasteiger partial charge >= 0.3 is 12.1 Å². The molecule has 126 valence electrons. The van der Waals surface area contributed by atoms with Crippen LogP contribution in [0.15, 0.2) is 12.4 Å². The number of aromatic nitrogens is 3. The number of carbonyl (C=O) groups is 1. The van der Waals surface area contributed by atoms with Gasteiger partial charge in [-0.3, -0.25) is 9.57 Å². The molecule has 0 aromatic carbocycles. The van der Waals surface area contributed by atoms with Crippen molar-refractivity contribution >= 4 is 15.7 Å². The molecule has 1 rings (SSSR count). The van der Waals surface area contributed by atoms with Gasteiger partial charge in [0.1, 0.15) is 6.04 Å². The summed E-state index contributed by atoms with van der Waals surface area (Å²) in [5.74, 6) is -2.24. The second kappa shape index (κ2) is 7.05. The molecule has 0 saturated carbocycles. The smallest absolute Gasteiger partial charge is 0.412 e. The highest BCUT2D eigenvalue weighted by molar-refractivity contribution is 7.92. The Balaban J connectivity index is 2.67. The molecule has 0 aliphatic carbocycles. The second-order valence-electron chi connectivity index (χ2n) is 4.65. The van der Waals surface area contributed by atoms with E-state index >= 15 is 0 Å². The van der Waals surface area contributed by atoms with Crippen molar-refractivity contribution in [3.05, 3.63) is 12.4 Å². The Bertz CT molecular complexity index is 587. The van der Waals surface area contributed by atoms with E-state index in [0.717, 1.165) is 12.4 Å². The van der Waals surface area contributed by atoms with E-state index in [1.54, 1.807) is 0 Å². The van der Waals surface area contributed by atoms with E-state index in [2.05, 4.69) is 10.2 Å². The Kier molecular flexibility index (Phi) is 5.88. The summed E-state index contributed by atoms with van der Waals surface area (Å²) in [7, 11) is -3.37. The standard InChI is InChI=1S/C10H16F3N5O3S/c11-10(12,13)8(18-16-3-4-17-18)2-6-22(15,21)5-1-7(14)9(19)20/h3-4,7-8,15H,1-2,5-6,14H2,(H,19,20)/t7-,8?,22?/m0/s1. The number of aliphatic carboxylic acids is 1. The lowest BCUT2D eigenvalue weighted by atomic mass is 10.2. The first-order chi connectivity index (χ1) is 10.0. The number of carboxylic acid groups (broad SMARTS) is 1. The first kappa shape index (κ1) is 18.4. The minimum Gasteiger partial charge on any atom is -0.480 e. The summed E-state index contributed by atoms with van der Waals surface area (Å²) in [6.07, 6.45) is -3.35. The van der Waals surface area contributed by atoms with Gasteiger partial charge in [-0.15, -0.1) is 0 Å². The average Bonchev–Trinajstić information content (AvgIpc) is 2.88. The van der Waals surface area contributed by atoms with Crippen molar-refractivity contribution in [2.24, 2.45) is 5.73 Å². The fourth-order valence-electron chi connectivity index (χ4n) is 1.64. The molecule has 0 aliphatic rings. The molecule has 0 fully saturated rings. The van der Waals surface area contributed by atoms with Gasteiger partial charge in [-0.1, -0.05) is 0 Å². The van der Waals surface area contributed by atoms with Crippen molar-refractivity contribution in [1.82, 2.24) is 15.0 Å². The molecule has 3 atom stereocenters. The fourth-order valence-corrected chi connectivity index (χ4v) is 3.08. The SMILES string of the molecule is N=S(=O)(CCC(n1nccn1)C(F)(F)F)CC[C@H](N)C(=O)O. The molecular weight excluding hydrogens is 327 g/mol. The van der Waals surface area contributed by atoms with E-state index in [4.69, 9.17) is 15.6 Å². The van der Waals surface area contributed by atoms with Gasteiger partial charge in [0.25, 0.3) is 0 Å². The molecule has 0 spiro atoms. The van der Waals surface area contributed by atoms with Gasteiger partial charge in [-0.05, 0) is 12.8 Å². The maximum Gasteiger partial charge on any atom is 0.412 e. The van der Waals surface area contributed by atoms with Gasteiger partial charge in [0.05, 0.1) is 12.4 Å². The third kappa shape index (κ3) is 5.60. The van der Waals surface area contributed by atoms with Gasteiger partial charge < -0.3 is 10.8 Å². The van der Waals surface area contributed by atoms with Gasteiger partial charge in [0, 0.05) is 21.2 Å². The highest BCUT2D eigenvalue weighted by Crippen LogP contribution is 2.32. The van der Waals surface area contributed by atoms with E-state index in [1.807, 2.05) is 0 Å². The van der Waals surface area contributed by atoms with Crippen molar-refractivity contribution in [3.8, 4) is 0 Å². The number of hydrogen-bond acceptors (Lipinski definition) is 6. The maximum atomic E-state index is 12.9. The number of rotatable bonds is 8. The number of halogens is 3. The molecule has 1 aromatic rings. The predicted octanol–water partition coefficient (Wildman–Crippen LogP) is 0.620. The third-order valence-electron chi connectivity index (χ3n) is 2.89. The van der Waals surface area contributed by atoms with Crippen LogP contribution < -0.4 is 5.73 Å². The number of alkyl halides is 3. The summed E-state index contributed by atoms with van der Waals surface area (Å²) >= 11 is 0. The van der Waals surface area contributed by atoms with Crippen LogP contribution in [0.4, 0.5) is 13.2 Å². The summed E-state index contributed by atoms with van der Waals surface area (Å²) in [6, 6.07) is -3.38. The van der Waals surface area contributed by atoms with Crippen molar-refractivity contribution in [3.63, 3.8) is 0 Å². The summed E-state index contributed by atoms with van der Waals surface area (Å²) < 4.78 is 58.2. The lowest BCUT2D eigenvalue weighted by Crippen LogP contribution is -2.33. The second-order valence-corrected chi connectivity index (χ2v) is 7.09. The Morgan fingerprint density at radius 2 is 1.82 bits per heavy atom. The molecule has 12 heteroatoms. The predicted molar refractivity (Wildman–Crippen MR) is 70.6 cm³/mol. The quantitative estimate of drug-likeness (QED) is 0.633. The molecule has 0 aliphatic heterocycles. The van der Waals surface area contributed by atoms with Gasteiger partial charge in [0.2, 0.25) is 0 Å². The van der Waals surface area contributed by atoms with Crippen LogP contribution in [0.2, 0.25) is 0 Å². The zero-order valence-corrected chi connectivity index (χ0v) is 12.2. The average molecular weight is 343 g/mol. The van der Waals surface area contributed by atoms with Crippen LogP contribution in [0, 0.1) is 4.78 Å². The lowest BCUT2D eigenvalue weighted by Gasteiger charge is -2.20. The lowest BCUT2D eigenvalue weighted by molar-refractivity contribution is -0.173. The summed E-state index contributed by atoms with van der Waals surface area (Å²) in [5, 5.41) is 15.4. The molecule has 8 nitrogen and oxygen atoms in total. The molecule has 0 radical (unpaired) electrons. The largest absolute Gasteiger partial charge is 0.480 e. The van der Waals surface area contributed by atoms with E-state index in [-0.39, 0.29) is 12.2 Å². The molecule has 0 saturated heterocycles. The van der Waals surface area contributed by atoms with Gasteiger partial charge in [-0.2, -0.15) is 28.2 Å². The Morgan fingerprint density at radius 3 is 2.27 bits per heavy atom. The number of hydrogen-bond donors (Lipinski definition) is 3. The van der Waals surface area contributed by atoms with Crippen LogP contribution >= 0.6 is 0 Å². The van der Waals surface area contributed by atoms with Crippen LogP contribution in [-0.2, 0) is 14.5 Å². The molecule has 2 unspecified atom stereocenters. The summed E-state index contributed by atoms with van der Waals surface area (Å²) in [5.41, 5.74) is 5.21. The number of nitrogens with one attached hydrogen (secondary N) is 1. The van der Waals surface area contributed by atoms with Crippen LogP contribution in [0.25, 0.3) is 0 Å². The van der Waals surface area contributed by atoms with Crippen LogP contribution in [0.3, 0.4) is 0 Å². The van der Waals surface area contributed by atoms with Crippen LogP contribution in [-0.4, -0.2) is 54.0 Å². The zero-order chi connectivity index (χ0) is 17.0. The topological polar surface area (TPSA) is 135 Å². The Labute approximate surface area is 124 Å². The monoisotopic (exact) mass is 343 g/mol. The molecular formula is C10H16F3N5O3S. The third-order valence-corrected chi connectivity index (χ3v) is 4.68. The Morgan fingerprint density at radius 1 is 1.32 bits per heavy atom. The molecule has 0 amide bonds. The van der Waals surface area contributed by atoms with E-state index in [9.17, 15) is 22.2 Å². The van der Waals surface area contributed by atoms with Crippen molar-refractivity contribution in [2.75, 3.05) is 11.5 Å². The number of nitrogens with zero attached hydrogens (tertiary/aromatic N) is 3. The highest BCUT2D eigenvalue weighted by Gasteiger charge is 2.42. The first-order valence-electron chi connectivity index (χ1n) is 6.18. The minimum atomic E-state index is -4.65. The zero-order valence-electron chi connectivity index (χ0n) is 11.4. The van der Waals surface area contributed by atoms with E-state index < -0.39 is 46.1 Å². The van der Waals surface area contributed by atoms with Crippen molar-refractivity contribution in [2.45, 2.75) is 31.1 Å². The van der Waals surface area contributed by atoms with E-state index in [1.165, 1.54) is 0 Å². The molecule has 0 bridgehead atoms. The summed E-state index contributed by atoms with van der Waals surface area (Å²) in [4.78, 5) is 11.0. The van der Waals surface area contributed by atoms with Gasteiger partial charge in [-0.25, -0.2) is 4.21 Å². The van der Waals surface area contributed by atoms with Crippen molar-refractivity contribution < 1.29 is 27.3 Å². The summed E-state index contributed by atoms with van der Waals surface area (Å²) in [6.45, 7) is 0. The molecule has 4 N–H and O–H groups in total. The van der Waals surface area contributed by atoms with Crippen molar-refractivity contribution in [1.29, 1.82) is 4.78 Å². The normalized spacial score (nSPS) is 17.6. The maximum absolute atomic E-state index is 12.9. The highest BCUT2D eigenvalue weighted by atomic mass is 32.2. The van der Waals surface area contributed by atoms with Gasteiger partial charge in [0.15, 0.2) is 6.04 Å². The molecule has 1 aromatic heterocycles. The van der Waals surface area contributed by atoms with Crippen LogP contribution in [0.5, 0.6) is 0 Å². The molecule has 1 heterocycles. The van der Waals surface area contributed by atoms with E-state index in [0.29, 0.717) is 4.80 Å². The molecule has 22 heavy (non-hydrogen) atoms. The fraction of sp³-hybridized carbons (Fsp3) is 0.700. The number of carboxylic acids is 1.